The standard InChI is InChI=1S/C16H15BrFNO/c1-20-12-4-2-10(3-5-12)15-7-6-13-14(18)8-11(17)9-16(13)19-15/h2-5,8-9,15,19H,6-7H2,1H3. The second-order valence-corrected chi connectivity index (χ2v) is 5.84. The first-order valence-electron chi connectivity index (χ1n) is 6.56. The van der Waals surface area contributed by atoms with Crippen LogP contribution in [0.15, 0.2) is 40.9 Å². The molecule has 1 atom stereocenters. The van der Waals surface area contributed by atoms with Gasteiger partial charge in [0.1, 0.15) is 11.6 Å². The molecule has 1 aliphatic rings. The topological polar surface area (TPSA) is 21.3 Å². The van der Waals surface area contributed by atoms with E-state index in [2.05, 4.69) is 33.4 Å². The van der Waals surface area contributed by atoms with Crippen LogP contribution in [0.1, 0.15) is 23.6 Å². The maximum atomic E-state index is 13.9. The number of hydrogen-bond donors (Lipinski definition) is 1. The van der Waals surface area contributed by atoms with Gasteiger partial charge in [0, 0.05) is 15.7 Å². The third-order valence-electron chi connectivity index (χ3n) is 3.69. The first-order chi connectivity index (χ1) is 9.67. The molecule has 1 N–H and O–H groups in total. The molecule has 4 heteroatoms. The summed E-state index contributed by atoms with van der Waals surface area (Å²) in [7, 11) is 1.66. The average molecular weight is 336 g/mol. The maximum Gasteiger partial charge on any atom is 0.129 e. The van der Waals surface area contributed by atoms with Crippen molar-refractivity contribution < 1.29 is 9.13 Å². The molecule has 0 saturated carbocycles. The lowest BCUT2D eigenvalue weighted by molar-refractivity contribution is 0.414. The Bertz CT molecular complexity index is 627. The smallest absolute Gasteiger partial charge is 0.129 e. The summed E-state index contributed by atoms with van der Waals surface area (Å²) in [5, 5.41) is 3.42. The van der Waals surface area contributed by atoms with Crippen molar-refractivity contribution in [3.63, 3.8) is 0 Å². The van der Waals surface area contributed by atoms with Crippen molar-refractivity contribution in [3.8, 4) is 5.75 Å². The summed E-state index contributed by atoms with van der Waals surface area (Å²) in [5.41, 5.74) is 2.85. The molecule has 0 amide bonds. The zero-order valence-electron chi connectivity index (χ0n) is 11.1. The Labute approximate surface area is 126 Å². The lowest BCUT2D eigenvalue weighted by Crippen LogP contribution is -2.19. The molecule has 1 heterocycles. The van der Waals surface area contributed by atoms with Crippen molar-refractivity contribution in [1.29, 1.82) is 0 Å². The van der Waals surface area contributed by atoms with E-state index in [1.807, 2.05) is 18.2 Å². The highest BCUT2D eigenvalue weighted by Crippen LogP contribution is 2.36. The van der Waals surface area contributed by atoms with Crippen LogP contribution in [0, 0.1) is 5.82 Å². The number of halogens is 2. The maximum absolute atomic E-state index is 13.9. The van der Waals surface area contributed by atoms with Crippen LogP contribution in [0.25, 0.3) is 0 Å². The van der Waals surface area contributed by atoms with Crippen LogP contribution in [-0.4, -0.2) is 7.11 Å². The number of nitrogens with one attached hydrogen (secondary N) is 1. The van der Waals surface area contributed by atoms with E-state index in [0.29, 0.717) is 0 Å². The van der Waals surface area contributed by atoms with E-state index in [-0.39, 0.29) is 11.9 Å². The van der Waals surface area contributed by atoms with Crippen molar-refractivity contribution in [3.05, 3.63) is 57.8 Å². The summed E-state index contributed by atoms with van der Waals surface area (Å²) in [6.45, 7) is 0. The monoisotopic (exact) mass is 335 g/mol. The van der Waals surface area contributed by atoms with Gasteiger partial charge in [0.2, 0.25) is 0 Å². The molecule has 0 spiro atoms. The minimum atomic E-state index is -0.143. The fourth-order valence-corrected chi connectivity index (χ4v) is 3.05. The fraction of sp³-hybridized carbons (Fsp3) is 0.250. The van der Waals surface area contributed by atoms with Crippen LogP contribution in [0.2, 0.25) is 0 Å². The van der Waals surface area contributed by atoms with Gasteiger partial charge < -0.3 is 10.1 Å². The fourth-order valence-electron chi connectivity index (χ4n) is 2.62. The number of hydrogen-bond acceptors (Lipinski definition) is 2. The van der Waals surface area contributed by atoms with Crippen LogP contribution < -0.4 is 10.1 Å². The predicted octanol–water partition coefficient (Wildman–Crippen LogP) is 4.70. The molecule has 1 aliphatic heterocycles. The van der Waals surface area contributed by atoms with Crippen LogP contribution in [-0.2, 0) is 6.42 Å². The van der Waals surface area contributed by atoms with Gasteiger partial charge in [-0.25, -0.2) is 4.39 Å². The highest BCUT2D eigenvalue weighted by molar-refractivity contribution is 9.10. The van der Waals surface area contributed by atoms with Gasteiger partial charge in [-0.1, -0.05) is 28.1 Å². The van der Waals surface area contributed by atoms with E-state index >= 15 is 0 Å². The minimum absolute atomic E-state index is 0.143. The Hall–Kier alpha value is -1.55. The largest absolute Gasteiger partial charge is 0.497 e. The summed E-state index contributed by atoms with van der Waals surface area (Å²) >= 11 is 3.34. The lowest BCUT2D eigenvalue weighted by atomic mass is 9.93. The summed E-state index contributed by atoms with van der Waals surface area (Å²) in [6.07, 6.45) is 1.63. The van der Waals surface area contributed by atoms with Gasteiger partial charge >= 0.3 is 0 Å². The van der Waals surface area contributed by atoms with Gasteiger partial charge in [-0.3, -0.25) is 0 Å². The van der Waals surface area contributed by atoms with Crippen LogP contribution in [0.5, 0.6) is 5.75 Å². The molecule has 2 aromatic rings. The molecular weight excluding hydrogens is 321 g/mol. The van der Waals surface area contributed by atoms with Gasteiger partial charge in [0.05, 0.1) is 13.2 Å². The molecular formula is C16H15BrFNO. The van der Waals surface area contributed by atoms with E-state index < -0.39 is 0 Å². The molecule has 1 unspecified atom stereocenters. The molecule has 0 radical (unpaired) electrons. The quantitative estimate of drug-likeness (QED) is 0.859. The Morgan fingerprint density at radius 1 is 1.25 bits per heavy atom. The third-order valence-corrected chi connectivity index (χ3v) is 4.15. The molecule has 104 valence electrons. The van der Waals surface area contributed by atoms with Crippen molar-refractivity contribution in [2.24, 2.45) is 0 Å². The van der Waals surface area contributed by atoms with E-state index in [9.17, 15) is 4.39 Å². The van der Waals surface area contributed by atoms with E-state index in [0.717, 1.165) is 34.3 Å². The highest BCUT2D eigenvalue weighted by Gasteiger charge is 2.22. The minimum Gasteiger partial charge on any atom is -0.497 e. The van der Waals surface area contributed by atoms with Gasteiger partial charge in [-0.05, 0) is 42.7 Å². The van der Waals surface area contributed by atoms with Crippen LogP contribution >= 0.6 is 15.9 Å². The summed E-state index contributed by atoms with van der Waals surface area (Å²) < 4.78 is 19.8. The molecule has 0 bridgehead atoms. The Morgan fingerprint density at radius 2 is 2.00 bits per heavy atom. The molecule has 0 aromatic heterocycles. The summed E-state index contributed by atoms with van der Waals surface area (Å²) in [5.74, 6) is 0.703. The van der Waals surface area contributed by atoms with Crippen molar-refractivity contribution >= 4 is 21.6 Å². The first-order valence-corrected chi connectivity index (χ1v) is 7.35. The zero-order valence-corrected chi connectivity index (χ0v) is 12.7. The normalized spacial score (nSPS) is 17.2. The molecule has 2 nitrogen and oxygen atoms in total. The average Bonchev–Trinajstić information content (AvgIpc) is 2.46. The predicted molar refractivity (Wildman–Crippen MR) is 81.8 cm³/mol. The molecule has 20 heavy (non-hydrogen) atoms. The SMILES string of the molecule is COc1ccc(C2CCc3c(F)cc(Br)cc3N2)cc1. The number of methoxy groups -OCH3 is 1. The molecule has 0 saturated heterocycles. The molecule has 0 fully saturated rings. The second kappa shape index (κ2) is 5.44. The lowest BCUT2D eigenvalue weighted by Gasteiger charge is -2.28. The number of anilines is 1. The number of fused-ring (bicyclic) bond motifs is 1. The van der Waals surface area contributed by atoms with E-state index in [1.165, 1.54) is 11.6 Å². The van der Waals surface area contributed by atoms with Gasteiger partial charge in [0.25, 0.3) is 0 Å². The van der Waals surface area contributed by atoms with Gasteiger partial charge in [-0.15, -0.1) is 0 Å². The molecule has 3 rings (SSSR count). The highest BCUT2D eigenvalue weighted by atomic mass is 79.9. The van der Waals surface area contributed by atoms with Crippen LogP contribution in [0.3, 0.4) is 0 Å². The molecule has 0 aliphatic carbocycles. The zero-order chi connectivity index (χ0) is 14.1. The van der Waals surface area contributed by atoms with Crippen LogP contribution in [0.4, 0.5) is 10.1 Å². The van der Waals surface area contributed by atoms with Gasteiger partial charge in [-0.2, -0.15) is 0 Å². The van der Waals surface area contributed by atoms with E-state index in [1.54, 1.807) is 7.11 Å². The van der Waals surface area contributed by atoms with Gasteiger partial charge in [0.15, 0.2) is 0 Å². The van der Waals surface area contributed by atoms with Crippen molar-refractivity contribution in [1.82, 2.24) is 0 Å². The Morgan fingerprint density at radius 3 is 2.70 bits per heavy atom. The first kappa shape index (κ1) is 13.4. The number of rotatable bonds is 2. The molecule has 2 aromatic carbocycles. The van der Waals surface area contributed by atoms with Crippen molar-refractivity contribution in [2.45, 2.75) is 18.9 Å². The Kier molecular flexibility index (Phi) is 3.66. The number of ether oxygens (including phenoxy) is 1. The number of benzene rings is 2. The third kappa shape index (κ3) is 2.52. The summed E-state index contributed by atoms with van der Waals surface area (Å²) in [4.78, 5) is 0. The van der Waals surface area contributed by atoms with Crippen molar-refractivity contribution in [2.75, 3.05) is 12.4 Å². The van der Waals surface area contributed by atoms with E-state index in [4.69, 9.17) is 4.74 Å². The second-order valence-electron chi connectivity index (χ2n) is 4.92. The Balaban J connectivity index is 1.87. The summed E-state index contributed by atoms with van der Waals surface area (Å²) in [6, 6.07) is 11.7.